The Morgan fingerprint density at radius 3 is 2.68 bits per heavy atom. The Bertz CT molecular complexity index is 476. The van der Waals surface area contributed by atoms with Gasteiger partial charge in [-0.25, -0.2) is 0 Å². The SMILES string of the molecule is CC(C)NC(=O)CCNCc1cccc(OCC(F)(F)F)c1. The molecule has 22 heavy (non-hydrogen) atoms. The average molecular weight is 318 g/mol. The number of nitrogens with one attached hydrogen (secondary N) is 2. The van der Waals surface area contributed by atoms with Crippen LogP contribution >= 0.6 is 0 Å². The fraction of sp³-hybridized carbons (Fsp3) is 0.533. The lowest BCUT2D eigenvalue weighted by Crippen LogP contribution is -2.32. The second-order valence-electron chi connectivity index (χ2n) is 5.20. The Morgan fingerprint density at radius 2 is 2.05 bits per heavy atom. The molecule has 0 spiro atoms. The summed E-state index contributed by atoms with van der Waals surface area (Å²) in [4.78, 5) is 11.4. The zero-order valence-corrected chi connectivity index (χ0v) is 12.7. The van der Waals surface area contributed by atoms with Gasteiger partial charge in [-0.05, 0) is 31.5 Å². The number of hydrogen-bond acceptors (Lipinski definition) is 3. The van der Waals surface area contributed by atoms with E-state index in [-0.39, 0.29) is 17.7 Å². The molecule has 0 saturated carbocycles. The molecule has 1 aromatic rings. The standard InChI is InChI=1S/C15H21F3N2O2/c1-11(2)20-14(21)6-7-19-9-12-4-3-5-13(8-12)22-10-15(16,17)18/h3-5,8,11,19H,6-7,9-10H2,1-2H3,(H,20,21). The highest BCUT2D eigenvalue weighted by Crippen LogP contribution is 2.19. The van der Waals surface area contributed by atoms with Crippen LogP contribution in [0.15, 0.2) is 24.3 Å². The van der Waals surface area contributed by atoms with Crippen LogP contribution in [0.5, 0.6) is 5.75 Å². The summed E-state index contributed by atoms with van der Waals surface area (Å²) in [6.07, 6.45) is -4.00. The molecule has 7 heteroatoms. The molecule has 0 saturated heterocycles. The van der Waals surface area contributed by atoms with Gasteiger partial charge in [0.05, 0.1) is 0 Å². The van der Waals surface area contributed by atoms with E-state index in [0.717, 1.165) is 5.56 Å². The molecule has 0 heterocycles. The molecule has 0 atom stereocenters. The van der Waals surface area contributed by atoms with E-state index in [1.807, 2.05) is 13.8 Å². The van der Waals surface area contributed by atoms with Crippen LogP contribution in [0.2, 0.25) is 0 Å². The van der Waals surface area contributed by atoms with E-state index in [4.69, 9.17) is 0 Å². The quantitative estimate of drug-likeness (QED) is 0.725. The predicted octanol–water partition coefficient (Wildman–Crippen LogP) is 2.63. The van der Waals surface area contributed by atoms with Gasteiger partial charge in [-0.3, -0.25) is 4.79 Å². The van der Waals surface area contributed by atoms with Gasteiger partial charge in [0.2, 0.25) is 5.91 Å². The molecule has 0 aliphatic carbocycles. The first kappa shape index (κ1) is 18.3. The largest absolute Gasteiger partial charge is 0.484 e. The molecule has 0 unspecified atom stereocenters. The third kappa shape index (κ3) is 8.51. The van der Waals surface area contributed by atoms with Crippen molar-refractivity contribution in [3.8, 4) is 5.75 Å². The van der Waals surface area contributed by atoms with Crippen LogP contribution in [-0.4, -0.2) is 31.3 Å². The van der Waals surface area contributed by atoms with E-state index in [0.29, 0.717) is 19.5 Å². The zero-order chi connectivity index (χ0) is 16.6. The number of alkyl halides is 3. The smallest absolute Gasteiger partial charge is 0.422 e. The van der Waals surface area contributed by atoms with E-state index in [2.05, 4.69) is 15.4 Å². The number of amides is 1. The highest BCUT2D eigenvalue weighted by molar-refractivity contribution is 5.76. The summed E-state index contributed by atoms with van der Waals surface area (Å²) < 4.78 is 40.9. The summed E-state index contributed by atoms with van der Waals surface area (Å²) in [5, 5.41) is 5.84. The molecule has 0 aliphatic heterocycles. The number of hydrogen-bond donors (Lipinski definition) is 2. The van der Waals surface area contributed by atoms with Gasteiger partial charge in [0.1, 0.15) is 5.75 Å². The van der Waals surface area contributed by atoms with Crippen molar-refractivity contribution in [3.05, 3.63) is 29.8 Å². The third-order valence-electron chi connectivity index (χ3n) is 2.61. The molecule has 4 nitrogen and oxygen atoms in total. The van der Waals surface area contributed by atoms with Crippen LogP contribution in [0.3, 0.4) is 0 Å². The van der Waals surface area contributed by atoms with Crippen molar-refractivity contribution in [2.75, 3.05) is 13.2 Å². The monoisotopic (exact) mass is 318 g/mol. The molecule has 1 aromatic carbocycles. The molecular weight excluding hydrogens is 297 g/mol. The molecule has 0 bridgehead atoms. The van der Waals surface area contributed by atoms with Crippen LogP contribution in [-0.2, 0) is 11.3 Å². The van der Waals surface area contributed by atoms with Crippen molar-refractivity contribution in [3.63, 3.8) is 0 Å². The highest BCUT2D eigenvalue weighted by atomic mass is 19.4. The van der Waals surface area contributed by atoms with Gasteiger partial charge in [0, 0.05) is 25.6 Å². The van der Waals surface area contributed by atoms with Crippen molar-refractivity contribution in [2.45, 2.75) is 39.0 Å². The van der Waals surface area contributed by atoms with Gasteiger partial charge < -0.3 is 15.4 Å². The van der Waals surface area contributed by atoms with E-state index in [9.17, 15) is 18.0 Å². The minimum Gasteiger partial charge on any atom is -0.484 e. The van der Waals surface area contributed by atoms with Crippen LogP contribution < -0.4 is 15.4 Å². The van der Waals surface area contributed by atoms with Crippen LogP contribution in [0, 0.1) is 0 Å². The number of halogens is 3. The minimum atomic E-state index is -4.35. The maximum Gasteiger partial charge on any atom is 0.422 e. The van der Waals surface area contributed by atoms with Gasteiger partial charge in [-0.1, -0.05) is 12.1 Å². The summed E-state index contributed by atoms with van der Waals surface area (Å²) in [6, 6.07) is 6.55. The van der Waals surface area contributed by atoms with Crippen molar-refractivity contribution >= 4 is 5.91 Å². The van der Waals surface area contributed by atoms with E-state index >= 15 is 0 Å². The predicted molar refractivity (Wildman–Crippen MR) is 77.6 cm³/mol. The zero-order valence-electron chi connectivity index (χ0n) is 12.7. The van der Waals surface area contributed by atoms with Gasteiger partial charge in [-0.15, -0.1) is 0 Å². The highest BCUT2D eigenvalue weighted by Gasteiger charge is 2.28. The molecule has 124 valence electrons. The molecule has 0 radical (unpaired) electrons. The molecule has 1 rings (SSSR count). The number of carbonyl (C=O) groups excluding carboxylic acids is 1. The summed E-state index contributed by atoms with van der Waals surface area (Å²) in [6.45, 7) is 3.42. The van der Waals surface area contributed by atoms with Crippen molar-refractivity contribution in [1.29, 1.82) is 0 Å². The van der Waals surface area contributed by atoms with E-state index < -0.39 is 12.8 Å². The van der Waals surface area contributed by atoms with Gasteiger partial charge in [-0.2, -0.15) is 13.2 Å². The van der Waals surface area contributed by atoms with Crippen molar-refractivity contribution < 1.29 is 22.7 Å². The first-order valence-corrected chi connectivity index (χ1v) is 7.05. The number of carbonyl (C=O) groups is 1. The number of rotatable bonds is 8. The molecule has 0 aliphatic rings. The third-order valence-corrected chi connectivity index (χ3v) is 2.61. The summed E-state index contributed by atoms with van der Waals surface area (Å²) in [7, 11) is 0. The molecular formula is C15H21F3N2O2. The molecule has 1 amide bonds. The number of benzene rings is 1. The first-order valence-electron chi connectivity index (χ1n) is 7.05. The van der Waals surface area contributed by atoms with E-state index in [1.165, 1.54) is 6.07 Å². The van der Waals surface area contributed by atoms with E-state index in [1.54, 1.807) is 18.2 Å². The van der Waals surface area contributed by atoms with Crippen LogP contribution in [0.25, 0.3) is 0 Å². The second kappa shape index (κ2) is 8.63. The van der Waals surface area contributed by atoms with Crippen molar-refractivity contribution in [1.82, 2.24) is 10.6 Å². The summed E-state index contributed by atoms with van der Waals surface area (Å²) in [5.74, 6) is 0.138. The maximum atomic E-state index is 12.1. The fourth-order valence-electron chi connectivity index (χ4n) is 1.74. The molecule has 0 aromatic heterocycles. The lowest BCUT2D eigenvalue weighted by Gasteiger charge is -2.11. The Balaban J connectivity index is 2.33. The number of ether oxygens (including phenoxy) is 1. The summed E-state index contributed by atoms with van der Waals surface area (Å²) >= 11 is 0. The Morgan fingerprint density at radius 1 is 1.32 bits per heavy atom. The van der Waals surface area contributed by atoms with Gasteiger partial charge in [0.15, 0.2) is 6.61 Å². The van der Waals surface area contributed by atoms with Crippen LogP contribution in [0.4, 0.5) is 13.2 Å². The second-order valence-corrected chi connectivity index (χ2v) is 5.20. The minimum absolute atomic E-state index is 0.0373. The first-order chi connectivity index (χ1) is 10.3. The van der Waals surface area contributed by atoms with Crippen molar-refractivity contribution in [2.24, 2.45) is 0 Å². The Hall–Kier alpha value is -1.76. The summed E-state index contributed by atoms with van der Waals surface area (Å²) in [5.41, 5.74) is 0.795. The molecule has 2 N–H and O–H groups in total. The van der Waals surface area contributed by atoms with Gasteiger partial charge >= 0.3 is 6.18 Å². The maximum absolute atomic E-state index is 12.1. The average Bonchev–Trinajstić information content (AvgIpc) is 2.40. The topological polar surface area (TPSA) is 50.4 Å². The lowest BCUT2D eigenvalue weighted by molar-refractivity contribution is -0.153. The molecule has 0 fully saturated rings. The normalized spacial score (nSPS) is 11.5. The fourth-order valence-corrected chi connectivity index (χ4v) is 1.74. The lowest BCUT2D eigenvalue weighted by atomic mass is 10.2. The Kier molecular flexibility index (Phi) is 7.17. The van der Waals surface area contributed by atoms with Gasteiger partial charge in [0.25, 0.3) is 0 Å². The Labute approximate surface area is 128 Å². The van der Waals surface area contributed by atoms with Crippen LogP contribution in [0.1, 0.15) is 25.8 Å².